The minimum Gasteiger partial charge on any atom is -0.351 e. The van der Waals surface area contributed by atoms with Crippen molar-refractivity contribution in [1.29, 1.82) is 0 Å². The third kappa shape index (κ3) is 3.47. The van der Waals surface area contributed by atoms with Crippen LogP contribution in [-0.2, 0) is 9.59 Å². The summed E-state index contributed by atoms with van der Waals surface area (Å²) >= 11 is 0. The molecule has 25 heavy (non-hydrogen) atoms. The Balaban J connectivity index is 1.97. The summed E-state index contributed by atoms with van der Waals surface area (Å²) in [5.41, 5.74) is 4.96. The smallest absolute Gasteiger partial charge is 0.318 e. The van der Waals surface area contributed by atoms with E-state index in [9.17, 15) is 19.2 Å². The van der Waals surface area contributed by atoms with Crippen molar-refractivity contribution in [3.8, 4) is 0 Å². The van der Waals surface area contributed by atoms with Crippen molar-refractivity contribution in [3.05, 3.63) is 46.2 Å². The van der Waals surface area contributed by atoms with Crippen LogP contribution in [0.2, 0.25) is 0 Å². The lowest BCUT2D eigenvalue weighted by molar-refractivity contribution is -0.125. The molecule has 0 fully saturated rings. The maximum Gasteiger partial charge on any atom is 0.318 e. The van der Waals surface area contributed by atoms with Crippen LogP contribution in [0.15, 0.2) is 35.1 Å². The number of para-hydroxylation sites is 1. The van der Waals surface area contributed by atoms with E-state index in [-0.39, 0.29) is 23.8 Å². The molecule has 2 aromatic rings. The van der Waals surface area contributed by atoms with Crippen LogP contribution in [0.3, 0.4) is 0 Å². The first-order valence-corrected chi connectivity index (χ1v) is 7.30. The molecule has 4 amide bonds. The number of aromatic amines is 1. The average Bonchev–Trinajstić information content (AvgIpc) is 2.54. The zero-order chi connectivity index (χ0) is 18.0. The Morgan fingerprint density at radius 3 is 2.60 bits per heavy atom. The van der Waals surface area contributed by atoms with Gasteiger partial charge in [-0.1, -0.05) is 18.2 Å². The number of hydrogen-bond donors (Lipinski definition) is 5. The van der Waals surface area contributed by atoms with Gasteiger partial charge in [0.2, 0.25) is 17.8 Å². The zero-order valence-electron chi connectivity index (χ0n) is 12.8. The van der Waals surface area contributed by atoms with Crippen molar-refractivity contribution in [1.82, 2.24) is 15.3 Å². The van der Waals surface area contributed by atoms with E-state index in [4.69, 9.17) is 5.73 Å². The summed E-state index contributed by atoms with van der Waals surface area (Å²) in [7, 11) is 0. The number of nitrogens with two attached hydrogens (primary N) is 1. The van der Waals surface area contributed by atoms with Gasteiger partial charge in [0.15, 0.2) is 0 Å². The number of anilines is 3. The number of nitrogens with one attached hydrogen (secondary N) is 4. The molecule has 3 rings (SSSR count). The normalized spacial score (nSPS) is 15.7. The summed E-state index contributed by atoms with van der Waals surface area (Å²) in [5.74, 6) is -2.42. The van der Waals surface area contributed by atoms with Gasteiger partial charge in [0.05, 0.1) is 11.5 Å². The number of amides is 4. The van der Waals surface area contributed by atoms with Crippen molar-refractivity contribution in [3.63, 3.8) is 0 Å². The molecule has 0 bridgehead atoms. The van der Waals surface area contributed by atoms with Gasteiger partial charge in [-0.05, 0) is 12.1 Å². The zero-order valence-corrected chi connectivity index (χ0v) is 12.8. The summed E-state index contributed by atoms with van der Waals surface area (Å²) < 4.78 is 0. The van der Waals surface area contributed by atoms with Crippen LogP contribution in [0.25, 0.3) is 0 Å². The molecule has 128 valence electrons. The SMILES string of the molecule is NC(=O)NC(=O)[C@H]1CC(=O)Nc2nc(Nc3ccccc3)[nH]c(=O)c21. The predicted octanol–water partition coefficient (Wildman–Crippen LogP) is 0.134. The number of H-pyrrole nitrogens is 1. The first kappa shape index (κ1) is 16.2. The summed E-state index contributed by atoms with van der Waals surface area (Å²) in [4.78, 5) is 53.8. The highest BCUT2D eigenvalue weighted by molar-refractivity contribution is 6.04. The highest BCUT2D eigenvalue weighted by atomic mass is 16.2. The van der Waals surface area contributed by atoms with E-state index < -0.39 is 29.3 Å². The van der Waals surface area contributed by atoms with Gasteiger partial charge in [-0.3, -0.25) is 24.7 Å². The molecule has 0 radical (unpaired) electrons. The minimum absolute atomic E-state index is 0.0306. The van der Waals surface area contributed by atoms with Crippen LogP contribution >= 0.6 is 0 Å². The van der Waals surface area contributed by atoms with E-state index in [1.165, 1.54) is 0 Å². The Morgan fingerprint density at radius 1 is 1.20 bits per heavy atom. The maximum absolute atomic E-state index is 12.4. The molecule has 1 aromatic carbocycles. The molecule has 1 aliphatic rings. The highest BCUT2D eigenvalue weighted by Gasteiger charge is 2.35. The Kier molecular flexibility index (Phi) is 4.16. The lowest BCUT2D eigenvalue weighted by Gasteiger charge is -2.23. The number of carbonyl (C=O) groups excluding carboxylic acids is 3. The van der Waals surface area contributed by atoms with E-state index in [2.05, 4.69) is 20.6 Å². The van der Waals surface area contributed by atoms with Gasteiger partial charge in [0.25, 0.3) is 5.56 Å². The molecule has 2 heterocycles. The monoisotopic (exact) mass is 342 g/mol. The summed E-state index contributed by atoms with van der Waals surface area (Å²) in [6.45, 7) is 0. The number of urea groups is 1. The summed E-state index contributed by atoms with van der Waals surface area (Å²) in [5, 5.41) is 7.23. The van der Waals surface area contributed by atoms with Gasteiger partial charge >= 0.3 is 6.03 Å². The number of primary amides is 1. The molecule has 1 atom stereocenters. The summed E-state index contributed by atoms with van der Waals surface area (Å²) in [6.07, 6.45) is -0.289. The molecule has 0 saturated heterocycles. The Labute approximate surface area is 140 Å². The van der Waals surface area contributed by atoms with Gasteiger partial charge in [-0.15, -0.1) is 0 Å². The Morgan fingerprint density at radius 2 is 1.92 bits per heavy atom. The van der Waals surface area contributed by atoms with E-state index in [0.717, 1.165) is 0 Å². The largest absolute Gasteiger partial charge is 0.351 e. The number of fused-ring (bicyclic) bond motifs is 1. The number of carbonyl (C=O) groups is 3. The van der Waals surface area contributed by atoms with Crippen LogP contribution < -0.4 is 27.2 Å². The van der Waals surface area contributed by atoms with Crippen LogP contribution in [0, 0.1) is 0 Å². The number of nitrogens with zero attached hydrogens (tertiary/aromatic N) is 1. The molecule has 6 N–H and O–H groups in total. The number of hydrogen-bond acceptors (Lipinski definition) is 6. The van der Waals surface area contributed by atoms with Crippen LogP contribution in [0.5, 0.6) is 0 Å². The lowest BCUT2D eigenvalue weighted by Crippen LogP contribution is -2.43. The second-order valence-electron chi connectivity index (χ2n) is 5.33. The molecular formula is C15H14N6O4. The average molecular weight is 342 g/mol. The van der Waals surface area contributed by atoms with Crippen molar-refractivity contribution < 1.29 is 14.4 Å². The topological polar surface area (TPSA) is 159 Å². The lowest BCUT2D eigenvalue weighted by atomic mass is 9.92. The number of aromatic nitrogens is 2. The van der Waals surface area contributed by atoms with Crippen molar-refractivity contribution in [2.75, 3.05) is 10.6 Å². The molecule has 10 heteroatoms. The molecule has 0 saturated carbocycles. The van der Waals surface area contributed by atoms with Gasteiger partial charge in [-0.25, -0.2) is 4.79 Å². The highest BCUT2D eigenvalue weighted by Crippen LogP contribution is 2.29. The number of benzene rings is 1. The van der Waals surface area contributed by atoms with Crippen LogP contribution in [0.4, 0.5) is 22.2 Å². The first-order chi connectivity index (χ1) is 11.9. The van der Waals surface area contributed by atoms with Gasteiger partial charge in [-0.2, -0.15) is 4.98 Å². The third-order valence-corrected chi connectivity index (χ3v) is 3.55. The quantitative estimate of drug-likeness (QED) is 0.533. The molecule has 1 aliphatic heterocycles. The van der Waals surface area contributed by atoms with Gasteiger partial charge in [0, 0.05) is 12.1 Å². The number of imide groups is 1. The fraction of sp³-hybridized carbons (Fsp3) is 0.133. The van der Waals surface area contributed by atoms with Gasteiger partial charge < -0.3 is 16.4 Å². The summed E-state index contributed by atoms with van der Waals surface area (Å²) in [6, 6.07) is 7.89. The maximum atomic E-state index is 12.4. The Bertz CT molecular complexity index is 908. The first-order valence-electron chi connectivity index (χ1n) is 7.30. The Hall–Kier alpha value is -3.69. The molecule has 10 nitrogen and oxygen atoms in total. The van der Waals surface area contributed by atoms with Crippen molar-refractivity contribution in [2.24, 2.45) is 5.73 Å². The van der Waals surface area contributed by atoms with Gasteiger partial charge in [0.1, 0.15) is 5.82 Å². The minimum atomic E-state index is -1.15. The molecule has 1 aromatic heterocycles. The van der Waals surface area contributed by atoms with E-state index in [0.29, 0.717) is 5.69 Å². The van der Waals surface area contributed by atoms with Crippen LogP contribution in [-0.4, -0.2) is 27.8 Å². The second kappa shape index (κ2) is 6.43. The van der Waals surface area contributed by atoms with E-state index >= 15 is 0 Å². The van der Waals surface area contributed by atoms with Crippen molar-refractivity contribution in [2.45, 2.75) is 12.3 Å². The van der Waals surface area contributed by atoms with Crippen LogP contribution in [0.1, 0.15) is 17.9 Å². The number of rotatable bonds is 3. The van der Waals surface area contributed by atoms with Crippen molar-refractivity contribution >= 4 is 35.3 Å². The molecule has 0 aliphatic carbocycles. The fourth-order valence-electron chi connectivity index (χ4n) is 2.52. The third-order valence-electron chi connectivity index (χ3n) is 3.55. The second-order valence-corrected chi connectivity index (χ2v) is 5.33. The predicted molar refractivity (Wildman–Crippen MR) is 88.3 cm³/mol. The fourth-order valence-corrected chi connectivity index (χ4v) is 2.52. The molecule has 0 unspecified atom stereocenters. The van der Waals surface area contributed by atoms with E-state index in [1.807, 2.05) is 11.4 Å². The van der Waals surface area contributed by atoms with E-state index in [1.54, 1.807) is 24.3 Å². The molecule has 0 spiro atoms. The molecular weight excluding hydrogens is 328 g/mol. The standard InChI is InChI=1S/C15H14N6O4/c16-14(25)20-12(23)8-6-9(22)18-11-10(8)13(24)21-15(19-11)17-7-4-2-1-3-5-7/h1-5,8H,6H2,(H3,16,20,23,25)(H3,17,18,19,21,22,24)/t8-/m0/s1.